The number of carbonyl (C=O) groups excluding carboxylic acids is 1. The van der Waals surface area contributed by atoms with Crippen LogP contribution < -0.4 is 14.2 Å². The maximum Gasteiger partial charge on any atom is 0.255 e. The molecule has 9 heteroatoms. The Morgan fingerprint density at radius 1 is 1.11 bits per heavy atom. The molecule has 8 nitrogen and oxygen atoms in total. The number of hydrogen-bond donors (Lipinski definition) is 0. The molecule has 1 fully saturated rings. The molecule has 0 aliphatic carbocycles. The Hall–Kier alpha value is -3.59. The molecule has 1 aliphatic heterocycles. The van der Waals surface area contributed by atoms with Gasteiger partial charge < -0.3 is 19.1 Å². The van der Waals surface area contributed by atoms with Crippen molar-refractivity contribution < 1.29 is 27.4 Å². The average molecular weight is 497 g/mol. The van der Waals surface area contributed by atoms with Crippen molar-refractivity contribution in [2.24, 2.45) is 0 Å². The van der Waals surface area contributed by atoms with Crippen molar-refractivity contribution in [1.82, 2.24) is 9.88 Å². The van der Waals surface area contributed by atoms with E-state index in [1.165, 1.54) is 21.3 Å². The third-order valence-corrected chi connectivity index (χ3v) is 7.89. The number of carbonyl (C=O) groups is 1. The molecule has 1 saturated heterocycles. The van der Waals surface area contributed by atoms with Crippen LogP contribution in [0.2, 0.25) is 0 Å². The summed E-state index contributed by atoms with van der Waals surface area (Å²) in [6.07, 6.45) is 2.02. The molecule has 1 unspecified atom stereocenters. The van der Waals surface area contributed by atoms with Gasteiger partial charge in [0.2, 0.25) is 5.75 Å². The zero-order valence-electron chi connectivity index (χ0n) is 20.0. The lowest BCUT2D eigenvalue weighted by Crippen LogP contribution is -2.41. The van der Waals surface area contributed by atoms with Gasteiger partial charge in [-0.25, -0.2) is 13.4 Å². The molecule has 2 heterocycles. The predicted molar refractivity (Wildman–Crippen MR) is 135 cm³/mol. The number of ether oxygens (including phenoxy) is 3. The highest BCUT2D eigenvalue weighted by atomic mass is 32.2. The first kappa shape index (κ1) is 24.5. The van der Waals surface area contributed by atoms with Gasteiger partial charge in [-0.2, -0.15) is 0 Å². The van der Waals surface area contributed by atoms with Crippen LogP contribution in [-0.4, -0.2) is 69.6 Å². The van der Waals surface area contributed by atoms with Crippen LogP contribution in [-0.2, 0) is 9.84 Å². The van der Waals surface area contributed by atoms with Crippen LogP contribution in [0.1, 0.15) is 16.8 Å². The normalized spacial score (nSPS) is 16.6. The summed E-state index contributed by atoms with van der Waals surface area (Å²) in [6, 6.07) is 12.3. The lowest BCUT2D eigenvalue weighted by atomic mass is 10.0. The highest BCUT2D eigenvalue weighted by Crippen LogP contribution is 2.41. The van der Waals surface area contributed by atoms with Gasteiger partial charge in [-0.15, -0.1) is 6.58 Å². The number of fused-ring (bicyclic) bond motifs is 1. The van der Waals surface area contributed by atoms with Crippen LogP contribution in [0.4, 0.5) is 0 Å². The summed E-state index contributed by atoms with van der Waals surface area (Å²) in [5, 5.41) is 0.684. The fourth-order valence-corrected chi connectivity index (χ4v) is 6.17. The number of amides is 1. The van der Waals surface area contributed by atoms with Gasteiger partial charge in [0.15, 0.2) is 21.3 Å². The van der Waals surface area contributed by atoms with E-state index in [0.29, 0.717) is 51.4 Å². The van der Waals surface area contributed by atoms with Crippen molar-refractivity contribution in [3.8, 4) is 28.5 Å². The van der Waals surface area contributed by atoms with Crippen molar-refractivity contribution in [2.45, 2.75) is 12.5 Å². The predicted octanol–water partition coefficient (Wildman–Crippen LogP) is 3.74. The Kier molecular flexibility index (Phi) is 6.98. The van der Waals surface area contributed by atoms with E-state index in [0.717, 1.165) is 0 Å². The molecule has 35 heavy (non-hydrogen) atoms. The molecule has 4 rings (SSSR count). The van der Waals surface area contributed by atoms with Gasteiger partial charge in [-0.05, 0) is 30.7 Å². The van der Waals surface area contributed by atoms with Crippen molar-refractivity contribution in [1.29, 1.82) is 0 Å². The summed E-state index contributed by atoms with van der Waals surface area (Å²) in [5.74, 6) is 1.15. The molecule has 3 aromatic rings. The maximum atomic E-state index is 13.9. The van der Waals surface area contributed by atoms with E-state index in [2.05, 4.69) is 6.58 Å². The molecule has 2 aromatic carbocycles. The Labute approximate surface area is 205 Å². The van der Waals surface area contributed by atoms with E-state index >= 15 is 0 Å². The largest absolute Gasteiger partial charge is 0.493 e. The topological polar surface area (TPSA) is 95.0 Å². The lowest BCUT2D eigenvalue weighted by molar-refractivity contribution is 0.0722. The van der Waals surface area contributed by atoms with Gasteiger partial charge in [-0.1, -0.05) is 24.3 Å². The summed E-state index contributed by atoms with van der Waals surface area (Å²) in [4.78, 5) is 20.2. The first-order valence-corrected chi connectivity index (χ1v) is 13.0. The molecular weight excluding hydrogens is 468 g/mol. The Balaban J connectivity index is 1.87. The number of hydrogen-bond acceptors (Lipinski definition) is 7. The minimum atomic E-state index is -3.17. The highest BCUT2D eigenvalue weighted by Gasteiger charge is 2.35. The molecule has 1 amide bonds. The molecule has 0 bridgehead atoms. The van der Waals surface area contributed by atoms with E-state index in [4.69, 9.17) is 19.2 Å². The number of aromatic nitrogens is 1. The van der Waals surface area contributed by atoms with Gasteiger partial charge in [0.25, 0.3) is 5.91 Å². The molecule has 0 saturated carbocycles. The van der Waals surface area contributed by atoms with E-state index < -0.39 is 15.9 Å². The summed E-state index contributed by atoms with van der Waals surface area (Å²) in [7, 11) is 1.43. The summed E-state index contributed by atoms with van der Waals surface area (Å²) in [6.45, 7) is 4.02. The van der Waals surface area contributed by atoms with Gasteiger partial charge in [0.05, 0.1) is 49.6 Å². The van der Waals surface area contributed by atoms with Crippen LogP contribution in [0.25, 0.3) is 22.2 Å². The first-order chi connectivity index (χ1) is 16.8. The van der Waals surface area contributed by atoms with E-state index in [1.807, 2.05) is 24.3 Å². The summed E-state index contributed by atoms with van der Waals surface area (Å²) >= 11 is 0. The zero-order chi connectivity index (χ0) is 25.2. The molecule has 1 atom stereocenters. The second kappa shape index (κ2) is 9.95. The minimum absolute atomic E-state index is 0.0463. The van der Waals surface area contributed by atoms with Crippen molar-refractivity contribution in [3.63, 3.8) is 0 Å². The lowest BCUT2D eigenvalue weighted by Gasteiger charge is -2.28. The van der Waals surface area contributed by atoms with Crippen molar-refractivity contribution in [3.05, 3.63) is 60.7 Å². The SMILES string of the molecule is C=CCN(C(=O)c1cc(-c2cc(OC)c(OC)c(OC)c2)nc2ccccc12)C1CCS(=O)(=O)C1. The van der Waals surface area contributed by atoms with Gasteiger partial charge in [-0.3, -0.25) is 4.79 Å². The number of methoxy groups -OCH3 is 3. The molecule has 1 aliphatic rings. The third-order valence-electron chi connectivity index (χ3n) is 6.14. The monoisotopic (exact) mass is 496 g/mol. The quantitative estimate of drug-likeness (QED) is 0.439. The van der Waals surface area contributed by atoms with E-state index in [9.17, 15) is 13.2 Å². The smallest absolute Gasteiger partial charge is 0.255 e. The third kappa shape index (κ3) is 4.81. The van der Waals surface area contributed by atoms with Crippen LogP contribution in [0.3, 0.4) is 0 Å². The molecule has 0 N–H and O–H groups in total. The Bertz CT molecular complexity index is 1360. The number of sulfone groups is 1. The van der Waals surface area contributed by atoms with Crippen LogP contribution >= 0.6 is 0 Å². The van der Waals surface area contributed by atoms with Crippen molar-refractivity contribution >= 4 is 26.6 Å². The van der Waals surface area contributed by atoms with E-state index in [1.54, 1.807) is 29.2 Å². The number of pyridine rings is 1. The Morgan fingerprint density at radius 3 is 2.37 bits per heavy atom. The second-order valence-electron chi connectivity index (χ2n) is 8.29. The van der Waals surface area contributed by atoms with Gasteiger partial charge in [0.1, 0.15) is 0 Å². The van der Waals surface area contributed by atoms with E-state index in [-0.39, 0.29) is 24.0 Å². The van der Waals surface area contributed by atoms with Crippen LogP contribution in [0.15, 0.2) is 55.1 Å². The summed E-state index contributed by atoms with van der Waals surface area (Å²) < 4.78 is 40.6. The molecule has 184 valence electrons. The summed E-state index contributed by atoms with van der Waals surface area (Å²) in [5.41, 5.74) is 2.30. The first-order valence-electron chi connectivity index (χ1n) is 11.1. The minimum Gasteiger partial charge on any atom is -0.493 e. The van der Waals surface area contributed by atoms with Crippen LogP contribution in [0, 0.1) is 0 Å². The molecule has 1 aromatic heterocycles. The average Bonchev–Trinajstić information content (AvgIpc) is 3.24. The van der Waals surface area contributed by atoms with Gasteiger partial charge >= 0.3 is 0 Å². The Morgan fingerprint density at radius 2 is 1.80 bits per heavy atom. The standard InChI is InChI=1S/C26H28N2O6S/c1-5-11-28(18-10-12-35(30,31)16-18)26(29)20-15-22(27-21-9-7-6-8-19(20)21)17-13-23(32-2)25(34-4)24(14-17)33-3/h5-9,13-15,18H,1,10-12,16H2,2-4H3. The molecule has 0 radical (unpaired) electrons. The number of benzene rings is 2. The highest BCUT2D eigenvalue weighted by molar-refractivity contribution is 7.91. The fourth-order valence-electron chi connectivity index (χ4n) is 4.44. The van der Waals surface area contributed by atoms with Gasteiger partial charge in [0, 0.05) is 23.5 Å². The number of para-hydroxylation sites is 1. The van der Waals surface area contributed by atoms with Crippen LogP contribution in [0.5, 0.6) is 17.2 Å². The second-order valence-corrected chi connectivity index (χ2v) is 10.5. The van der Waals surface area contributed by atoms with Crippen molar-refractivity contribution in [2.75, 3.05) is 39.4 Å². The zero-order valence-corrected chi connectivity index (χ0v) is 20.8. The maximum absolute atomic E-state index is 13.9. The number of rotatable bonds is 8. The fraction of sp³-hybridized carbons (Fsp3) is 0.308. The molecule has 0 spiro atoms. The molecular formula is C26H28N2O6S. The number of nitrogens with zero attached hydrogens (tertiary/aromatic N) is 2.